The number of carbonyl (C=O) groups excluding carboxylic acids is 1. The highest BCUT2D eigenvalue weighted by atomic mass is 16.7. The van der Waals surface area contributed by atoms with Crippen molar-refractivity contribution in [2.75, 3.05) is 13.8 Å². The molecule has 1 aromatic carbocycles. The molecule has 0 radical (unpaired) electrons. The van der Waals surface area contributed by atoms with Crippen LogP contribution in [0.4, 0.5) is 0 Å². The van der Waals surface area contributed by atoms with E-state index in [4.69, 9.17) is 9.47 Å². The van der Waals surface area contributed by atoms with Gasteiger partial charge in [-0.3, -0.25) is 14.5 Å². The summed E-state index contributed by atoms with van der Waals surface area (Å²) in [6.45, 7) is 14.3. The molecular weight excluding hydrogens is 402 g/mol. The predicted octanol–water partition coefficient (Wildman–Crippen LogP) is 5.47. The van der Waals surface area contributed by atoms with Crippen molar-refractivity contribution in [3.8, 4) is 0 Å². The summed E-state index contributed by atoms with van der Waals surface area (Å²) < 4.78 is 13.3. The first kappa shape index (κ1) is 25.4. The van der Waals surface area contributed by atoms with Gasteiger partial charge in [0.15, 0.2) is 5.76 Å². The summed E-state index contributed by atoms with van der Waals surface area (Å²) in [4.78, 5) is 16.3. The maximum Gasteiger partial charge on any atom is 0.308 e. The van der Waals surface area contributed by atoms with Gasteiger partial charge in [0, 0.05) is 37.9 Å². The van der Waals surface area contributed by atoms with Crippen LogP contribution in [0.1, 0.15) is 69.1 Å². The molecular formula is C26H37N3O3. The first-order valence-electron chi connectivity index (χ1n) is 11.0. The third-order valence-corrected chi connectivity index (χ3v) is 5.30. The van der Waals surface area contributed by atoms with Gasteiger partial charge in [-0.1, -0.05) is 58.9 Å². The lowest BCUT2D eigenvalue weighted by Crippen LogP contribution is -2.13. The van der Waals surface area contributed by atoms with Crippen molar-refractivity contribution in [1.82, 2.24) is 9.78 Å². The Labute approximate surface area is 192 Å². The maximum atomic E-state index is 12.0. The molecule has 0 aliphatic carbocycles. The largest absolute Gasteiger partial charge is 0.454 e. The molecule has 6 nitrogen and oxygen atoms in total. The van der Waals surface area contributed by atoms with E-state index in [9.17, 15) is 4.79 Å². The van der Waals surface area contributed by atoms with Gasteiger partial charge in [-0.05, 0) is 36.3 Å². The number of aliphatic imine (C=N–C) groups is 1. The van der Waals surface area contributed by atoms with Crippen molar-refractivity contribution in [2.24, 2.45) is 18.0 Å². The molecule has 1 aromatic heterocycles. The number of carbonyl (C=O) groups is 1. The van der Waals surface area contributed by atoms with Crippen LogP contribution >= 0.6 is 0 Å². The van der Waals surface area contributed by atoms with Crippen molar-refractivity contribution in [3.05, 3.63) is 52.3 Å². The van der Waals surface area contributed by atoms with Crippen LogP contribution in [0.5, 0.6) is 0 Å². The minimum Gasteiger partial charge on any atom is -0.454 e. The molecule has 0 saturated heterocycles. The molecule has 0 aliphatic rings. The quantitative estimate of drug-likeness (QED) is 0.237. The van der Waals surface area contributed by atoms with Crippen LogP contribution in [0, 0.1) is 19.8 Å². The van der Waals surface area contributed by atoms with E-state index in [1.807, 2.05) is 34.7 Å². The van der Waals surface area contributed by atoms with Crippen LogP contribution in [0.15, 0.2) is 29.3 Å². The molecule has 174 valence electrons. The van der Waals surface area contributed by atoms with Crippen LogP contribution in [0.3, 0.4) is 0 Å². The Hall–Kier alpha value is -2.89. The summed E-state index contributed by atoms with van der Waals surface area (Å²) in [6, 6.07) is 8.40. The molecule has 0 amide bonds. The summed E-state index contributed by atoms with van der Waals surface area (Å²) in [7, 11) is 3.61. The van der Waals surface area contributed by atoms with E-state index < -0.39 is 0 Å². The molecule has 2 aromatic rings. The number of hydrogen-bond donors (Lipinski definition) is 0. The summed E-state index contributed by atoms with van der Waals surface area (Å²) in [5.74, 6) is 0.526. The molecule has 0 unspecified atom stereocenters. The van der Waals surface area contributed by atoms with E-state index in [2.05, 4.69) is 55.1 Å². The van der Waals surface area contributed by atoms with Crippen molar-refractivity contribution in [1.29, 1.82) is 0 Å². The van der Waals surface area contributed by atoms with Crippen LogP contribution in [-0.4, -0.2) is 35.8 Å². The molecule has 32 heavy (non-hydrogen) atoms. The third-order valence-electron chi connectivity index (χ3n) is 5.30. The highest BCUT2D eigenvalue weighted by Crippen LogP contribution is 2.31. The molecule has 0 aliphatic heterocycles. The van der Waals surface area contributed by atoms with E-state index >= 15 is 0 Å². The topological polar surface area (TPSA) is 65.7 Å². The van der Waals surface area contributed by atoms with Gasteiger partial charge in [0.05, 0.1) is 5.69 Å². The number of aromatic nitrogens is 2. The van der Waals surface area contributed by atoms with Crippen LogP contribution in [0.25, 0.3) is 11.3 Å². The lowest BCUT2D eigenvalue weighted by atomic mass is 9.86. The Morgan fingerprint density at radius 3 is 2.25 bits per heavy atom. The number of rotatable bonds is 8. The average Bonchev–Trinajstić information content (AvgIpc) is 2.94. The van der Waals surface area contributed by atoms with Crippen molar-refractivity contribution in [3.63, 3.8) is 0 Å². The van der Waals surface area contributed by atoms with E-state index in [0.717, 1.165) is 28.1 Å². The summed E-state index contributed by atoms with van der Waals surface area (Å²) in [6.07, 6.45) is 2.13. The van der Waals surface area contributed by atoms with Gasteiger partial charge in [0.25, 0.3) is 0 Å². The van der Waals surface area contributed by atoms with Crippen molar-refractivity contribution in [2.45, 2.75) is 60.3 Å². The van der Waals surface area contributed by atoms with Gasteiger partial charge in [-0.25, -0.2) is 0 Å². The van der Waals surface area contributed by atoms with Gasteiger partial charge in [0.1, 0.15) is 5.69 Å². The smallest absolute Gasteiger partial charge is 0.308 e. The monoisotopic (exact) mass is 439 g/mol. The number of ether oxygens (including phenoxy) is 2. The second kappa shape index (κ2) is 10.6. The van der Waals surface area contributed by atoms with Gasteiger partial charge >= 0.3 is 5.97 Å². The minimum absolute atomic E-state index is 0.0565. The average molecular weight is 440 g/mol. The number of nitrogens with zero attached hydrogens (tertiary/aromatic N) is 3. The maximum absolute atomic E-state index is 12.0. The Morgan fingerprint density at radius 2 is 1.78 bits per heavy atom. The van der Waals surface area contributed by atoms with E-state index in [-0.39, 0.29) is 24.1 Å². The van der Waals surface area contributed by atoms with E-state index in [1.54, 1.807) is 17.9 Å². The van der Waals surface area contributed by atoms with Gasteiger partial charge < -0.3 is 9.47 Å². The molecule has 0 atom stereocenters. The molecule has 0 spiro atoms. The first-order valence-corrected chi connectivity index (χ1v) is 11.0. The zero-order valence-corrected chi connectivity index (χ0v) is 20.9. The Morgan fingerprint density at radius 1 is 1.16 bits per heavy atom. The second-order valence-electron chi connectivity index (χ2n) is 9.52. The zero-order valence-electron chi connectivity index (χ0n) is 20.9. The molecule has 0 N–H and O–H groups in total. The number of hydrogen-bond acceptors (Lipinski definition) is 5. The lowest BCUT2D eigenvalue weighted by Gasteiger charge is -2.20. The molecule has 0 saturated carbocycles. The Balaban J connectivity index is 2.55. The standard InChI is InChI=1S/C26H37N3O3/c1-17(2)14-23(30)31-16-32-25(24-18(3)19(4)28-29(24)9)22(15-27-8)20-10-12-21(13-11-20)26(5,6)7/h10-13,15,17H,14,16H2,1-9H3/b25-22-,27-15?. The third kappa shape index (κ3) is 6.31. The Kier molecular flexibility index (Phi) is 8.42. The summed E-state index contributed by atoms with van der Waals surface area (Å²) in [5, 5.41) is 4.55. The van der Waals surface area contributed by atoms with Gasteiger partial charge in [-0.2, -0.15) is 5.10 Å². The molecule has 1 heterocycles. The first-order chi connectivity index (χ1) is 15.0. The Bertz CT molecular complexity index is 991. The van der Waals surface area contributed by atoms with Gasteiger partial charge in [-0.15, -0.1) is 0 Å². The number of esters is 1. The highest BCUT2D eigenvalue weighted by Gasteiger charge is 2.21. The molecule has 2 rings (SSSR count). The molecule has 0 bridgehead atoms. The van der Waals surface area contributed by atoms with Crippen LogP contribution in [0.2, 0.25) is 0 Å². The number of allylic oxidation sites excluding steroid dienone is 1. The fourth-order valence-electron chi connectivity index (χ4n) is 3.44. The molecule has 0 fully saturated rings. The number of benzene rings is 1. The predicted molar refractivity (Wildman–Crippen MR) is 131 cm³/mol. The fraction of sp³-hybridized carbons (Fsp3) is 0.500. The van der Waals surface area contributed by atoms with Gasteiger partial charge in [0.2, 0.25) is 6.79 Å². The van der Waals surface area contributed by atoms with E-state index in [1.165, 1.54) is 5.56 Å². The fourth-order valence-corrected chi connectivity index (χ4v) is 3.44. The number of aryl methyl sites for hydroxylation is 2. The van der Waals surface area contributed by atoms with Crippen LogP contribution < -0.4 is 0 Å². The zero-order chi connectivity index (χ0) is 24.1. The van der Waals surface area contributed by atoms with E-state index in [0.29, 0.717) is 12.2 Å². The van der Waals surface area contributed by atoms with Crippen molar-refractivity contribution < 1.29 is 14.3 Å². The second-order valence-corrected chi connectivity index (χ2v) is 9.52. The summed E-state index contributed by atoms with van der Waals surface area (Å²) in [5.41, 5.74) is 5.81. The lowest BCUT2D eigenvalue weighted by molar-refractivity contribution is -0.152. The summed E-state index contributed by atoms with van der Waals surface area (Å²) >= 11 is 0. The SMILES string of the molecule is CN=C/C(=C(/OCOC(=O)CC(C)C)c1c(C)c(C)nn1C)c1ccc(C(C)(C)C)cc1. The highest BCUT2D eigenvalue weighted by molar-refractivity contribution is 6.18. The molecule has 6 heteroatoms. The normalized spacial score (nSPS) is 12.9. The van der Waals surface area contributed by atoms with Crippen LogP contribution in [-0.2, 0) is 26.7 Å². The minimum atomic E-state index is -0.280. The van der Waals surface area contributed by atoms with Crippen molar-refractivity contribution >= 4 is 23.5 Å².